The zero-order valence-electron chi connectivity index (χ0n) is 31.3. The fraction of sp³-hybridized carbons (Fsp3) is 0. The van der Waals surface area contributed by atoms with E-state index in [2.05, 4.69) is 91.0 Å². The van der Waals surface area contributed by atoms with Crippen LogP contribution < -0.4 is 0 Å². The van der Waals surface area contributed by atoms with E-state index in [9.17, 15) is 5.26 Å². The Kier molecular flexibility index (Phi) is 8.83. The standard InChI is InChI=1S/C53H33N5/c54-34-35-13-11-18-42(33-35)49-43(36-25-29-38(30-26-36)50-45-19-7-9-23-47(45)55-52(57-50)40-14-3-1-4-15-40)21-12-22-44(49)37-27-31-39(32-28-37)51-46-20-8-10-24-48(46)56-53(58-51)41-16-5-2-6-17-41/h1-33H. The van der Waals surface area contributed by atoms with Gasteiger partial charge in [-0.1, -0.05) is 176 Å². The Balaban J connectivity index is 1.08. The summed E-state index contributed by atoms with van der Waals surface area (Å²) < 4.78 is 0. The van der Waals surface area contributed by atoms with Gasteiger partial charge in [0, 0.05) is 33.0 Å². The summed E-state index contributed by atoms with van der Waals surface area (Å²) in [7, 11) is 0. The van der Waals surface area contributed by atoms with Crippen molar-refractivity contribution in [2.45, 2.75) is 0 Å². The summed E-state index contributed by atoms with van der Waals surface area (Å²) in [5.74, 6) is 1.39. The molecule has 10 aromatic rings. The van der Waals surface area contributed by atoms with Crippen LogP contribution in [0.1, 0.15) is 5.56 Å². The molecule has 0 fully saturated rings. The van der Waals surface area contributed by atoms with E-state index in [4.69, 9.17) is 19.9 Å². The maximum Gasteiger partial charge on any atom is 0.160 e. The summed E-state index contributed by atoms with van der Waals surface area (Å²) >= 11 is 0. The number of hydrogen-bond acceptors (Lipinski definition) is 5. The van der Waals surface area contributed by atoms with Gasteiger partial charge in [0.05, 0.1) is 34.1 Å². The third-order valence-electron chi connectivity index (χ3n) is 10.6. The highest BCUT2D eigenvalue weighted by molar-refractivity contribution is 5.98. The van der Waals surface area contributed by atoms with Crippen LogP contribution in [0.3, 0.4) is 0 Å². The highest BCUT2D eigenvalue weighted by atomic mass is 14.9. The Morgan fingerprint density at radius 1 is 0.328 bits per heavy atom. The fourth-order valence-corrected chi connectivity index (χ4v) is 7.73. The van der Waals surface area contributed by atoms with Gasteiger partial charge in [-0.05, 0) is 57.6 Å². The second kappa shape index (κ2) is 14.9. The molecule has 0 N–H and O–H groups in total. The molecule has 5 nitrogen and oxygen atoms in total. The van der Waals surface area contributed by atoms with Crippen molar-refractivity contribution in [2.24, 2.45) is 0 Å². The molecule has 10 rings (SSSR count). The molecule has 0 radical (unpaired) electrons. The van der Waals surface area contributed by atoms with Crippen molar-refractivity contribution >= 4 is 21.8 Å². The van der Waals surface area contributed by atoms with Crippen LogP contribution in [-0.2, 0) is 0 Å². The van der Waals surface area contributed by atoms with E-state index in [-0.39, 0.29) is 0 Å². The molecule has 0 bridgehead atoms. The monoisotopic (exact) mass is 739 g/mol. The summed E-state index contributed by atoms with van der Waals surface area (Å²) in [4.78, 5) is 20.0. The van der Waals surface area contributed by atoms with E-state index >= 15 is 0 Å². The number of aromatic nitrogens is 4. The zero-order valence-corrected chi connectivity index (χ0v) is 31.3. The number of hydrogen-bond donors (Lipinski definition) is 0. The van der Waals surface area contributed by atoms with Crippen molar-refractivity contribution in [3.05, 3.63) is 206 Å². The molecule has 5 heteroatoms. The molecule has 8 aromatic carbocycles. The molecular weight excluding hydrogens is 707 g/mol. The number of rotatable bonds is 7. The van der Waals surface area contributed by atoms with Crippen LogP contribution in [0.4, 0.5) is 0 Å². The first-order valence-corrected chi connectivity index (χ1v) is 19.2. The number of fused-ring (bicyclic) bond motifs is 2. The number of nitrogens with zero attached hydrogens (tertiary/aromatic N) is 5. The van der Waals surface area contributed by atoms with Gasteiger partial charge >= 0.3 is 0 Å². The largest absolute Gasteiger partial charge is 0.228 e. The molecule has 0 spiro atoms. The minimum atomic E-state index is 0.610. The highest BCUT2D eigenvalue weighted by Gasteiger charge is 2.18. The minimum Gasteiger partial charge on any atom is -0.228 e. The molecule has 0 aliphatic heterocycles. The first-order valence-electron chi connectivity index (χ1n) is 19.2. The van der Waals surface area contributed by atoms with Gasteiger partial charge in [-0.15, -0.1) is 0 Å². The zero-order chi connectivity index (χ0) is 38.8. The molecule has 58 heavy (non-hydrogen) atoms. The molecule has 0 saturated carbocycles. The molecule has 0 unspecified atom stereocenters. The number of benzene rings is 8. The van der Waals surface area contributed by atoms with Crippen molar-refractivity contribution < 1.29 is 0 Å². The van der Waals surface area contributed by atoms with Gasteiger partial charge in [0.1, 0.15) is 0 Å². The van der Waals surface area contributed by atoms with E-state index in [0.29, 0.717) is 17.2 Å². The molecule has 0 aliphatic carbocycles. The molecule has 270 valence electrons. The van der Waals surface area contributed by atoms with Crippen molar-refractivity contribution in [3.8, 4) is 84.7 Å². The lowest BCUT2D eigenvalue weighted by molar-refractivity contribution is 1.23. The molecule has 0 atom stereocenters. The second-order valence-electron chi connectivity index (χ2n) is 14.1. The quantitative estimate of drug-likeness (QED) is 0.163. The van der Waals surface area contributed by atoms with E-state index < -0.39 is 0 Å². The maximum absolute atomic E-state index is 9.92. The summed E-state index contributed by atoms with van der Waals surface area (Å²) in [6.45, 7) is 0. The molecule has 2 heterocycles. The third kappa shape index (κ3) is 6.45. The predicted octanol–water partition coefficient (Wildman–Crippen LogP) is 13.1. The van der Waals surface area contributed by atoms with Gasteiger partial charge in [0.25, 0.3) is 0 Å². The SMILES string of the molecule is N#Cc1cccc(-c2c(-c3ccc(-c4nc(-c5ccccc5)nc5ccccc45)cc3)cccc2-c2ccc(-c3nc(-c4ccccc4)nc4ccccc34)cc2)c1. The van der Waals surface area contributed by atoms with Crippen LogP contribution in [0.5, 0.6) is 0 Å². The Morgan fingerprint density at radius 2 is 0.741 bits per heavy atom. The van der Waals surface area contributed by atoms with Gasteiger partial charge in [0.2, 0.25) is 0 Å². The topological polar surface area (TPSA) is 75.3 Å². The first-order chi connectivity index (χ1) is 28.7. The Hall–Kier alpha value is -8.07. The Bertz CT molecular complexity index is 2970. The lowest BCUT2D eigenvalue weighted by atomic mass is 9.86. The Labute approximate surface area is 336 Å². The predicted molar refractivity (Wildman–Crippen MR) is 235 cm³/mol. The van der Waals surface area contributed by atoms with Gasteiger partial charge < -0.3 is 0 Å². The van der Waals surface area contributed by atoms with Crippen LogP contribution in [0.25, 0.3) is 100 Å². The lowest BCUT2D eigenvalue weighted by Crippen LogP contribution is -1.96. The van der Waals surface area contributed by atoms with Crippen LogP contribution in [0.15, 0.2) is 200 Å². The lowest BCUT2D eigenvalue weighted by Gasteiger charge is -2.17. The van der Waals surface area contributed by atoms with E-state index in [1.54, 1.807) is 0 Å². The molecular formula is C53H33N5. The summed E-state index contributed by atoms with van der Waals surface area (Å²) in [6.07, 6.45) is 0. The number of nitriles is 1. The second-order valence-corrected chi connectivity index (χ2v) is 14.1. The molecule has 0 amide bonds. The van der Waals surface area contributed by atoms with E-state index in [1.165, 1.54) is 0 Å². The average molecular weight is 740 g/mol. The third-order valence-corrected chi connectivity index (χ3v) is 10.6. The smallest absolute Gasteiger partial charge is 0.160 e. The Morgan fingerprint density at radius 3 is 1.22 bits per heavy atom. The fourth-order valence-electron chi connectivity index (χ4n) is 7.73. The normalized spacial score (nSPS) is 11.1. The highest BCUT2D eigenvalue weighted by Crippen LogP contribution is 2.42. The van der Waals surface area contributed by atoms with Crippen molar-refractivity contribution in [1.29, 1.82) is 5.26 Å². The summed E-state index contributed by atoms with van der Waals surface area (Å²) in [5.41, 5.74) is 14.4. The molecule has 0 aliphatic rings. The van der Waals surface area contributed by atoms with E-state index in [1.807, 2.05) is 115 Å². The van der Waals surface area contributed by atoms with Crippen LogP contribution in [0.2, 0.25) is 0 Å². The van der Waals surface area contributed by atoms with Crippen LogP contribution in [-0.4, -0.2) is 19.9 Å². The van der Waals surface area contributed by atoms with Gasteiger partial charge in [0.15, 0.2) is 11.6 Å². The average Bonchev–Trinajstić information content (AvgIpc) is 3.31. The maximum atomic E-state index is 9.92. The van der Waals surface area contributed by atoms with Crippen molar-refractivity contribution in [1.82, 2.24) is 19.9 Å². The molecule has 0 saturated heterocycles. The van der Waals surface area contributed by atoms with E-state index in [0.717, 1.165) is 88.8 Å². The first kappa shape index (κ1) is 34.4. The molecule has 2 aromatic heterocycles. The summed E-state index contributed by atoms with van der Waals surface area (Å²) in [5, 5.41) is 11.9. The number of para-hydroxylation sites is 2. The van der Waals surface area contributed by atoms with Gasteiger partial charge in [-0.3, -0.25) is 0 Å². The minimum absolute atomic E-state index is 0.610. The van der Waals surface area contributed by atoms with Gasteiger partial charge in [-0.2, -0.15) is 5.26 Å². The van der Waals surface area contributed by atoms with Crippen molar-refractivity contribution in [3.63, 3.8) is 0 Å². The van der Waals surface area contributed by atoms with Crippen LogP contribution in [0, 0.1) is 11.3 Å². The van der Waals surface area contributed by atoms with Gasteiger partial charge in [-0.25, -0.2) is 19.9 Å². The van der Waals surface area contributed by atoms with Crippen LogP contribution >= 0.6 is 0 Å². The van der Waals surface area contributed by atoms with Crippen molar-refractivity contribution in [2.75, 3.05) is 0 Å². The summed E-state index contributed by atoms with van der Waals surface area (Å²) in [6, 6.07) is 70.4.